The van der Waals surface area contributed by atoms with E-state index < -0.39 is 5.97 Å². The summed E-state index contributed by atoms with van der Waals surface area (Å²) >= 11 is 1.07. The van der Waals surface area contributed by atoms with E-state index >= 15 is 0 Å². The number of rotatable bonds is 6. The lowest BCUT2D eigenvalue weighted by molar-refractivity contribution is -0.133. The van der Waals surface area contributed by atoms with Crippen molar-refractivity contribution < 1.29 is 14.7 Å². The first-order valence-corrected chi connectivity index (χ1v) is 6.71. The molecule has 0 aliphatic rings. The van der Waals surface area contributed by atoms with Crippen LogP contribution in [-0.4, -0.2) is 40.4 Å². The lowest BCUT2D eigenvalue weighted by atomic mass is 10.1. The van der Waals surface area contributed by atoms with Crippen molar-refractivity contribution in [3.63, 3.8) is 0 Å². The zero-order chi connectivity index (χ0) is 14.3. The van der Waals surface area contributed by atoms with Gasteiger partial charge in [-0.15, -0.1) is 11.8 Å². The number of nitrogens with zero attached hydrogens (tertiary/aromatic N) is 2. The molecule has 0 aromatic heterocycles. The van der Waals surface area contributed by atoms with Gasteiger partial charge < -0.3 is 10.0 Å². The molecule has 100 valence electrons. The van der Waals surface area contributed by atoms with Gasteiger partial charge in [0.25, 0.3) is 0 Å². The van der Waals surface area contributed by atoms with Crippen LogP contribution in [-0.2, 0) is 16.1 Å². The highest BCUT2D eigenvalue weighted by Gasteiger charge is 2.10. The highest BCUT2D eigenvalue weighted by atomic mass is 32.2. The van der Waals surface area contributed by atoms with E-state index in [1.54, 1.807) is 25.2 Å². The Labute approximate surface area is 115 Å². The highest BCUT2D eigenvalue weighted by molar-refractivity contribution is 8.00. The predicted molar refractivity (Wildman–Crippen MR) is 72.6 cm³/mol. The molecule has 5 nitrogen and oxygen atoms in total. The summed E-state index contributed by atoms with van der Waals surface area (Å²) in [5.41, 5.74) is 1.43. The molecule has 1 amide bonds. The Balaban J connectivity index is 2.49. The number of nitriles is 1. The number of thioether (sulfide) groups is 1. The van der Waals surface area contributed by atoms with Gasteiger partial charge >= 0.3 is 5.97 Å². The molecule has 0 saturated carbocycles. The minimum Gasteiger partial charge on any atom is -0.481 e. The van der Waals surface area contributed by atoms with Crippen LogP contribution in [0, 0.1) is 11.3 Å². The van der Waals surface area contributed by atoms with Crippen molar-refractivity contribution >= 4 is 23.6 Å². The average molecular weight is 278 g/mol. The third kappa shape index (κ3) is 5.44. The van der Waals surface area contributed by atoms with Crippen LogP contribution in [0.4, 0.5) is 0 Å². The summed E-state index contributed by atoms with van der Waals surface area (Å²) in [4.78, 5) is 23.6. The molecular formula is C13H14N2O3S. The summed E-state index contributed by atoms with van der Waals surface area (Å²) in [7, 11) is 1.66. The number of carboxylic acids is 1. The van der Waals surface area contributed by atoms with Crippen molar-refractivity contribution in [3.05, 3.63) is 35.4 Å². The van der Waals surface area contributed by atoms with Gasteiger partial charge in [-0.05, 0) is 17.7 Å². The van der Waals surface area contributed by atoms with Crippen LogP contribution in [0.2, 0.25) is 0 Å². The molecule has 6 heteroatoms. The second-order valence-electron chi connectivity index (χ2n) is 3.95. The van der Waals surface area contributed by atoms with Crippen molar-refractivity contribution in [3.8, 4) is 6.07 Å². The van der Waals surface area contributed by atoms with Gasteiger partial charge in [-0.3, -0.25) is 9.59 Å². The predicted octanol–water partition coefficient (Wildman–Crippen LogP) is 1.33. The first kappa shape index (κ1) is 15.1. The molecule has 0 spiro atoms. The second-order valence-corrected chi connectivity index (χ2v) is 4.93. The number of amides is 1. The van der Waals surface area contributed by atoms with Crippen LogP contribution in [0.1, 0.15) is 11.1 Å². The maximum atomic E-state index is 11.7. The Morgan fingerprint density at radius 2 is 2.16 bits per heavy atom. The topological polar surface area (TPSA) is 81.4 Å². The van der Waals surface area contributed by atoms with E-state index in [9.17, 15) is 9.59 Å². The molecule has 0 unspecified atom stereocenters. The monoisotopic (exact) mass is 278 g/mol. The van der Waals surface area contributed by atoms with Gasteiger partial charge in [0, 0.05) is 13.6 Å². The number of hydrogen-bond donors (Lipinski definition) is 1. The molecule has 0 heterocycles. The summed E-state index contributed by atoms with van der Waals surface area (Å²) in [6, 6.07) is 9.09. The standard InChI is InChI=1S/C13H14N2O3S/c1-15(12(16)8-19-9-13(17)18)7-11-4-2-3-10(5-11)6-14/h2-5H,7-9H2,1H3,(H,17,18). The Bertz CT molecular complexity index is 511. The maximum Gasteiger partial charge on any atom is 0.313 e. The average Bonchev–Trinajstić information content (AvgIpc) is 2.38. The molecule has 1 aromatic rings. The van der Waals surface area contributed by atoms with E-state index in [0.29, 0.717) is 12.1 Å². The van der Waals surface area contributed by atoms with Crippen molar-refractivity contribution in [2.75, 3.05) is 18.6 Å². The van der Waals surface area contributed by atoms with Crippen LogP contribution in [0.3, 0.4) is 0 Å². The molecule has 0 aliphatic carbocycles. The molecule has 1 aromatic carbocycles. The number of carbonyl (C=O) groups is 2. The van der Waals surface area contributed by atoms with Crippen LogP contribution in [0.15, 0.2) is 24.3 Å². The Hall–Kier alpha value is -2.00. The largest absolute Gasteiger partial charge is 0.481 e. The highest BCUT2D eigenvalue weighted by Crippen LogP contribution is 2.08. The second kappa shape index (κ2) is 7.44. The first-order valence-electron chi connectivity index (χ1n) is 5.55. The molecule has 0 atom stereocenters. The fourth-order valence-corrected chi connectivity index (χ4v) is 2.11. The van der Waals surface area contributed by atoms with E-state index in [2.05, 4.69) is 0 Å². The molecule has 1 N–H and O–H groups in total. The SMILES string of the molecule is CN(Cc1cccc(C#N)c1)C(=O)CSCC(=O)O. The number of carbonyl (C=O) groups excluding carboxylic acids is 1. The van der Waals surface area contributed by atoms with Gasteiger partial charge in [-0.1, -0.05) is 12.1 Å². The van der Waals surface area contributed by atoms with Gasteiger partial charge in [0.1, 0.15) is 0 Å². The number of carboxylic acid groups (broad SMARTS) is 1. The van der Waals surface area contributed by atoms with Gasteiger partial charge in [-0.25, -0.2) is 0 Å². The van der Waals surface area contributed by atoms with Crippen molar-refractivity contribution in [1.29, 1.82) is 5.26 Å². The third-order valence-electron chi connectivity index (χ3n) is 2.35. The van der Waals surface area contributed by atoms with Crippen LogP contribution >= 0.6 is 11.8 Å². The lowest BCUT2D eigenvalue weighted by Gasteiger charge is -2.17. The Morgan fingerprint density at radius 1 is 1.42 bits per heavy atom. The molecule has 0 saturated heterocycles. The van der Waals surface area contributed by atoms with E-state index in [4.69, 9.17) is 10.4 Å². The van der Waals surface area contributed by atoms with Gasteiger partial charge in [0.15, 0.2) is 0 Å². The van der Waals surface area contributed by atoms with E-state index in [0.717, 1.165) is 17.3 Å². The summed E-state index contributed by atoms with van der Waals surface area (Å²) < 4.78 is 0. The minimum atomic E-state index is -0.929. The normalized spacial score (nSPS) is 9.68. The molecule has 0 aliphatic heterocycles. The fourth-order valence-electron chi connectivity index (χ4n) is 1.44. The van der Waals surface area contributed by atoms with E-state index in [-0.39, 0.29) is 17.4 Å². The third-order valence-corrected chi connectivity index (χ3v) is 3.25. The number of benzene rings is 1. The molecule has 1 rings (SSSR count). The zero-order valence-electron chi connectivity index (χ0n) is 10.5. The Morgan fingerprint density at radius 3 is 2.79 bits per heavy atom. The van der Waals surface area contributed by atoms with Crippen LogP contribution in [0.25, 0.3) is 0 Å². The number of hydrogen-bond acceptors (Lipinski definition) is 4. The van der Waals surface area contributed by atoms with Crippen LogP contribution < -0.4 is 0 Å². The number of aliphatic carboxylic acids is 1. The minimum absolute atomic E-state index is 0.0799. The molecular weight excluding hydrogens is 264 g/mol. The first-order chi connectivity index (χ1) is 9.02. The summed E-state index contributed by atoms with van der Waals surface area (Å²) in [6.07, 6.45) is 0. The summed E-state index contributed by atoms with van der Waals surface area (Å²) in [6.45, 7) is 0.405. The molecule has 0 fully saturated rings. The van der Waals surface area contributed by atoms with E-state index in [1.165, 1.54) is 4.90 Å². The Kier molecular flexibility index (Phi) is 5.90. The lowest BCUT2D eigenvalue weighted by Crippen LogP contribution is -2.28. The van der Waals surface area contributed by atoms with Crippen molar-refractivity contribution in [1.82, 2.24) is 4.90 Å². The zero-order valence-corrected chi connectivity index (χ0v) is 11.3. The van der Waals surface area contributed by atoms with Crippen molar-refractivity contribution in [2.24, 2.45) is 0 Å². The molecule has 0 radical (unpaired) electrons. The van der Waals surface area contributed by atoms with E-state index in [1.807, 2.05) is 12.1 Å². The summed E-state index contributed by atoms with van der Waals surface area (Å²) in [5, 5.41) is 17.3. The van der Waals surface area contributed by atoms with Crippen LogP contribution in [0.5, 0.6) is 0 Å². The maximum absolute atomic E-state index is 11.7. The summed E-state index contributed by atoms with van der Waals surface area (Å²) in [5.74, 6) is -1.000. The smallest absolute Gasteiger partial charge is 0.313 e. The molecule has 19 heavy (non-hydrogen) atoms. The fraction of sp³-hybridized carbons (Fsp3) is 0.308. The molecule has 0 bridgehead atoms. The van der Waals surface area contributed by atoms with Gasteiger partial charge in [0.2, 0.25) is 5.91 Å². The van der Waals surface area contributed by atoms with Crippen molar-refractivity contribution in [2.45, 2.75) is 6.54 Å². The van der Waals surface area contributed by atoms with Gasteiger partial charge in [-0.2, -0.15) is 5.26 Å². The quantitative estimate of drug-likeness (QED) is 0.849. The van der Waals surface area contributed by atoms with Gasteiger partial charge in [0.05, 0.1) is 23.1 Å².